The molecule has 0 radical (unpaired) electrons. The Morgan fingerprint density at radius 1 is 1.06 bits per heavy atom. The Hall–Kier alpha value is -2.57. The maximum Gasteiger partial charge on any atom is 0.252 e. The Morgan fingerprint density at radius 2 is 1.80 bits per heavy atom. The van der Waals surface area contributed by atoms with Crippen molar-refractivity contribution in [2.24, 2.45) is 4.99 Å². The van der Waals surface area contributed by atoms with Crippen molar-refractivity contribution in [3.8, 4) is 0 Å². The van der Waals surface area contributed by atoms with Gasteiger partial charge < -0.3 is 10.2 Å². The number of nitrogens with zero attached hydrogens (tertiary/aromatic N) is 3. The number of hydrogen-bond donors (Lipinski definition) is 1. The van der Waals surface area contributed by atoms with Gasteiger partial charge in [0.15, 0.2) is 0 Å². The van der Waals surface area contributed by atoms with E-state index in [0.717, 1.165) is 54.6 Å². The zero-order valence-corrected chi connectivity index (χ0v) is 21.7. The zero-order valence-electron chi connectivity index (χ0n) is 19.5. The van der Waals surface area contributed by atoms with Crippen LogP contribution in [0.3, 0.4) is 0 Å². The van der Waals surface area contributed by atoms with Crippen molar-refractivity contribution in [1.82, 2.24) is 4.90 Å². The molecule has 35 heavy (non-hydrogen) atoms. The van der Waals surface area contributed by atoms with Crippen LogP contribution < -0.4 is 10.2 Å². The highest BCUT2D eigenvalue weighted by Gasteiger charge is 2.23. The maximum absolute atomic E-state index is 13.0. The predicted octanol–water partition coefficient (Wildman–Crippen LogP) is 6.56. The lowest BCUT2D eigenvalue weighted by Crippen LogP contribution is -2.46. The van der Waals surface area contributed by atoms with E-state index >= 15 is 0 Å². The SMILES string of the molecule is Cc1ccc(NC(=O)C2=CC=NC(Cl)=CC2)c(N2CCN(C/C=C/c3ccc(Cl)cc3)CC2)c1Cl. The maximum atomic E-state index is 13.0. The van der Waals surface area contributed by atoms with Gasteiger partial charge >= 0.3 is 0 Å². The minimum Gasteiger partial charge on any atom is -0.366 e. The lowest BCUT2D eigenvalue weighted by molar-refractivity contribution is -0.112. The van der Waals surface area contributed by atoms with Gasteiger partial charge in [-0.05, 0) is 54.8 Å². The van der Waals surface area contributed by atoms with Crippen LogP contribution in [0.5, 0.6) is 0 Å². The number of allylic oxidation sites excluding steroid dienone is 2. The molecule has 1 saturated heterocycles. The summed E-state index contributed by atoms with van der Waals surface area (Å²) in [6, 6.07) is 11.7. The Kier molecular flexibility index (Phi) is 8.69. The van der Waals surface area contributed by atoms with Gasteiger partial charge in [0.05, 0.1) is 16.4 Å². The van der Waals surface area contributed by atoms with Crippen LogP contribution in [-0.4, -0.2) is 49.7 Å². The van der Waals surface area contributed by atoms with Gasteiger partial charge in [-0.25, -0.2) is 4.99 Å². The van der Waals surface area contributed by atoms with Crippen molar-refractivity contribution in [2.45, 2.75) is 13.3 Å². The van der Waals surface area contributed by atoms with Crippen molar-refractivity contribution in [1.29, 1.82) is 0 Å². The van der Waals surface area contributed by atoms with Gasteiger partial charge in [0.1, 0.15) is 5.16 Å². The van der Waals surface area contributed by atoms with Gasteiger partial charge in [-0.3, -0.25) is 9.69 Å². The molecule has 0 spiro atoms. The second-order valence-electron chi connectivity index (χ2n) is 8.49. The monoisotopic (exact) mass is 528 g/mol. The summed E-state index contributed by atoms with van der Waals surface area (Å²) in [6.45, 7) is 6.27. The second kappa shape index (κ2) is 11.9. The topological polar surface area (TPSA) is 47.9 Å². The fraction of sp³-hybridized carbons (Fsp3) is 0.259. The molecular formula is C27H27Cl3N4O. The van der Waals surface area contributed by atoms with Crippen LogP contribution in [0.15, 0.2) is 70.3 Å². The number of aryl methyl sites for hydroxylation is 1. The van der Waals surface area contributed by atoms with Gasteiger partial charge in [-0.1, -0.05) is 65.2 Å². The highest BCUT2D eigenvalue weighted by Crippen LogP contribution is 2.37. The molecule has 0 unspecified atom stereocenters. The number of benzene rings is 2. The summed E-state index contributed by atoms with van der Waals surface area (Å²) in [7, 11) is 0. The van der Waals surface area contributed by atoms with Crippen molar-refractivity contribution < 1.29 is 4.79 Å². The predicted molar refractivity (Wildman–Crippen MR) is 149 cm³/mol. The molecule has 2 aromatic carbocycles. The summed E-state index contributed by atoms with van der Waals surface area (Å²) in [5, 5.41) is 4.84. The second-order valence-corrected chi connectivity index (χ2v) is 9.69. The number of anilines is 2. The van der Waals surface area contributed by atoms with Crippen LogP contribution in [-0.2, 0) is 4.79 Å². The number of halogens is 3. The molecule has 8 heteroatoms. The minimum atomic E-state index is -0.189. The van der Waals surface area contributed by atoms with E-state index in [0.29, 0.717) is 27.9 Å². The minimum absolute atomic E-state index is 0.189. The van der Waals surface area contributed by atoms with E-state index in [1.807, 2.05) is 43.3 Å². The number of piperazine rings is 1. The van der Waals surface area contributed by atoms with E-state index in [9.17, 15) is 4.79 Å². The molecule has 0 bridgehead atoms. The highest BCUT2D eigenvalue weighted by atomic mass is 35.5. The third kappa shape index (κ3) is 6.77. The summed E-state index contributed by atoms with van der Waals surface area (Å²) in [5.74, 6) is -0.189. The van der Waals surface area contributed by atoms with Crippen LogP contribution in [0.1, 0.15) is 17.5 Å². The molecule has 5 nitrogen and oxygen atoms in total. The average Bonchev–Trinajstić information content (AvgIpc) is 3.08. The third-order valence-corrected chi connectivity index (χ3v) is 7.03. The average molecular weight is 530 g/mol. The first-order valence-electron chi connectivity index (χ1n) is 11.5. The van der Waals surface area contributed by atoms with Crippen LogP contribution in [0.25, 0.3) is 6.08 Å². The fourth-order valence-corrected chi connectivity index (χ4v) is 4.57. The lowest BCUT2D eigenvalue weighted by Gasteiger charge is -2.37. The molecule has 1 amide bonds. The van der Waals surface area contributed by atoms with Crippen molar-refractivity contribution in [2.75, 3.05) is 42.9 Å². The standard InChI is InChI=1S/C27H27Cl3N4O/c1-19-4-10-23(32-27(35)21-7-11-24(29)31-13-12-21)26(25(19)30)34-17-15-33(16-18-34)14-2-3-20-5-8-22(28)9-6-20/h2-6,8-13H,7,14-18H2,1H3,(H,32,35)/b3-2+. The van der Waals surface area contributed by atoms with Crippen molar-refractivity contribution in [3.05, 3.63) is 86.5 Å². The molecule has 1 N–H and O–H groups in total. The molecule has 2 aromatic rings. The Labute approximate surface area is 221 Å². The molecule has 0 aromatic heterocycles. The number of rotatable bonds is 6. The zero-order chi connectivity index (χ0) is 24.8. The highest BCUT2D eigenvalue weighted by molar-refractivity contribution is 6.35. The van der Waals surface area contributed by atoms with Gasteiger partial charge in [-0.15, -0.1) is 0 Å². The van der Waals surface area contributed by atoms with E-state index < -0.39 is 0 Å². The first-order chi connectivity index (χ1) is 16.9. The molecule has 2 aliphatic rings. The largest absolute Gasteiger partial charge is 0.366 e. The first-order valence-corrected chi connectivity index (χ1v) is 12.6. The summed E-state index contributed by atoms with van der Waals surface area (Å²) >= 11 is 18.7. The normalized spacial score (nSPS) is 16.7. The summed E-state index contributed by atoms with van der Waals surface area (Å²) in [6.07, 6.45) is 9.66. The van der Waals surface area contributed by atoms with Crippen LogP contribution >= 0.6 is 34.8 Å². The number of hydrogen-bond acceptors (Lipinski definition) is 4. The van der Waals surface area contributed by atoms with E-state index in [-0.39, 0.29) is 5.91 Å². The van der Waals surface area contributed by atoms with Gasteiger partial charge in [0.2, 0.25) is 0 Å². The summed E-state index contributed by atoms with van der Waals surface area (Å²) in [4.78, 5) is 21.6. The molecule has 2 aliphatic heterocycles. The van der Waals surface area contributed by atoms with Gasteiger partial charge in [0, 0.05) is 49.5 Å². The number of carbonyl (C=O) groups excluding carboxylic acids is 1. The van der Waals surface area contributed by atoms with Crippen molar-refractivity contribution >= 4 is 64.4 Å². The molecule has 182 valence electrons. The Bertz CT molecular complexity index is 1190. The first kappa shape index (κ1) is 25.5. The molecule has 1 fully saturated rings. The Balaban J connectivity index is 1.41. The molecule has 2 heterocycles. The molecular weight excluding hydrogens is 503 g/mol. The van der Waals surface area contributed by atoms with E-state index in [2.05, 4.69) is 32.3 Å². The van der Waals surface area contributed by atoms with Gasteiger partial charge in [0.25, 0.3) is 5.91 Å². The van der Waals surface area contributed by atoms with Gasteiger partial charge in [-0.2, -0.15) is 0 Å². The lowest BCUT2D eigenvalue weighted by atomic mass is 10.1. The fourth-order valence-electron chi connectivity index (χ4n) is 4.03. The molecule has 0 aliphatic carbocycles. The Morgan fingerprint density at radius 3 is 2.54 bits per heavy atom. The van der Waals surface area contributed by atoms with Crippen LogP contribution in [0.2, 0.25) is 10.0 Å². The van der Waals surface area contributed by atoms with Crippen LogP contribution in [0, 0.1) is 6.92 Å². The number of nitrogens with one attached hydrogen (secondary N) is 1. The van der Waals surface area contributed by atoms with E-state index in [1.54, 1.807) is 18.4 Å². The van der Waals surface area contributed by atoms with Crippen molar-refractivity contribution in [3.63, 3.8) is 0 Å². The smallest absolute Gasteiger partial charge is 0.252 e. The van der Waals surface area contributed by atoms with Crippen LogP contribution in [0.4, 0.5) is 11.4 Å². The third-order valence-electron chi connectivity index (χ3n) is 6.05. The number of amides is 1. The van der Waals surface area contributed by atoms with E-state index in [1.165, 1.54) is 0 Å². The number of carbonyl (C=O) groups is 1. The molecule has 0 atom stereocenters. The quantitative estimate of drug-likeness (QED) is 0.431. The summed E-state index contributed by atoms with van der Waals surface area (Å²) < 4.78 is 0. The number of aliphatic imine (C=N–C) groups is 1. The molecule has 4 rings (SSSR count). The van der Waals surface area contributed by atoms with E-state index in [4.69, 9.17) is 34.8 Å². The molecule has 0 saturated carbocycles. The summed E-state index contributed by atoms with van der Waals surface area (Å²) in [5.41, 5.74) is 4.27.